The van der Waals surface area contributed by atoms with Gasteiger partial charge >= 0.3 is 5.97 Å². The molecule has 76 valence electrons. The Kier molecular flexibility index (Phi) is 3.30. The van der Waals surface area contributed by atoms with Gasteiger partial charge in [-0.1, -0.05) is 11.6 Å². The normalized spacial score (nSPS) is 12.2. The van der Waals surface area contributed by atoms with Gasteiger partial charge in [0.05, 0.1) is 16.4 Å². The average molecular weight is 215 g/mol. The molecule has 0 saturated carbocycles. The third kappa shape index (κ3) is 2.35. The van der Waals surface area contributed by atoms with E-state index in [1.807, 2.05) is 0 Å². The summed E-state index contributed by atoms with van der Waals surface area (Å²) in [6.45, 7) is 3.31. The van der Waals surface area contributed by atoms with Crippen molar-refractivity contribution in [1.82, 2.24) is 4.98 Å². The van der Waals surface area contributed by atoms with Crippen LogP contribution in [-0.2, 0) is 4.79 Å². The van der Waals surface area contributed by atoms with E-state index in [1.165, 1.54) is 0 Å². The molecular formula is C9H11ClN2O2. The minimum absolute atomic E-state index is 0.459. The number of hydrogen-bond acceptors (Lipinski definition) is 3. The fourth-order valence-corrected chi connectivity index (χ4v) is 1.12. The van der Waals surface area contributed by atoms with Crippen LogP contribution in [-0.4, -0.2) is 22.1 Å². The van der Waals surface area contributed by atoms with E-state index >= 15 is 0 Å². The first kappa shape index (κ1) is 10.8. The number of aryl methyl sites for hydroxylation is 1. The highest BCUT2D eigenvalue weighted by molar-refractivity contribution is 6.33. The van der Waals surface area contributed by atoms with Crippen LogP contribution in [0.4, 0.5) is 5.69 Å². The zero-order chi connectivity index (χ0) is 10.7. The maximum Gasteiger partial charge on any atom is 0.325 e. The molecule has 0 amide bonds. The van der Waals surface area contributed by atoms with E-state index in [0.29, 0.717) is 16.4 Å². The van der Waals surface area contributed by atoms with Crippen molar-refractivity contribution in [1.29, 1.82) is 0 Å². The van der Waals surface area contributed by atoms with Gasteiger partial charge in [-0.2, -0.15) is 0 Å². The molecule has 2 N–H and O–H groups in total. The second-order valence-electron chi connectivity index (χ2n) is 2.96. The van der Waals surface area contributed by atoms with Crippen LogP contribution in [0.3, 0.4) is 0 Å². The van der Waals surface area contributed by atoms with Crippen LogP contribution >= 0.6 is 11.6 Å². The molecule has 0 radical (unpaired) electrons. The third-order valence-electron chi connectivity index (χ3n) is 1.81. The lowest BCUT2D eigenvalue weighted by Crippen LogP contribution is -2.25. The Balaban J connectivity index is 2.87. The molecule has 0 spiro atoms. The van der Waals surface area contributed by atoms with Gasteiger partial charge < -0.3 is 10.4 Å². The number of carbonyl (C=O) groups is 1. The molecule has 0 aromatic carbocycles. The van der Waals surface area contributed by atoms with Gasteiger partial charge in [-0.05, 0) is 19.9 Å². The first-order valence-electron chi connectivity index (χ1n) is 4.13. The zero-order valence-electron chi connectivity index (χ0n) is 7.91. The summed E-state index contributed by atoms with van der Waals surface area (Å²) in [6.07, 6.45) is 1.58. The highest BCUT2D eigenvalue weighted by atomic mass is 35.5. The predicted octanol–water partition coefficient (Wildman–Crippen LogP) is 1.93. The predicted molar refractivity (Wildman–Crippen MR) is 54.7 cm³/mol. The number of hydrogen-bond donors (Lipinski definition) is 2. The number of anilines is 1. The number of nitrogens with zero attached hydrogens (tertiary/aromatic N) is 1. The molecule has 4 nitrogen and oxygen atoms in total. The van der Waals surface area contributed by atoms with Gasteiger partial charge in [-0.3, -0.25) is 9.78 Å². The Morgan fingerprint density at radius 2 is 2.36 bits per heavy atom. The van der Waals surface area contributed by atoms with Crippen LogP contribution < -0.4 is 5.32 Å². The third-order valence-corrected chi connectivity index (χ3v) is 2.28. The lowest BCUT2D eigenvalue weighted by molar-refractivity contribution is -0.137. The molecule has 0 aliphatic carbocycles. The quantitative estimate of drug-likeness (QED) is 0.807. The first-order chi connectivity index (χ1) is 6.52. The largest absolute Gasteiger partial charge is 0.480 e. The molecule has 0 fully saturated rings. The molecule has 1 aromatic rings. The van der Waals surface area contributed by atoms with Crippen molar-refractivity contribution in [2.45, 2.75) is 19.9 Å². The van der Waals surface area contributed by atoms with Crippen LogP contribution in [0, 0.1) is 6.92 Å². The SMILES string of the molecule is Cc1nccc(N[C@@H](C)C(=O)O)c1Cl. The summed E-state index contributed by atoms with van der Waals surface area (Å²) >= 11 is 5.92. The van der Waals surface area contributed by atoms with E-state index in [1.54, 1.807) is 26.1 Å². The Labute approximate surface area is 86.9 Å². The van der Waals surface area contributed by atoms with Crippen LogP contribution in [0.2, 0.25) is 5.02 Å². The van der Waals surface area contributed by atoms with Crippen LogP contribution in [0.5, 0.6) is 0 Å². The van der Waals surface area contributed by atoms with Gasteiger partial charge in [0.1, 0.15) is 6.04 Å². The number of nitrogens with one attached hydrogen (secondary N) is 1. The number of aliphatic carboxylic acids is 1. The second kappa shape index (κ2) is 4.28. The molecule has 14 heavy (non-hydrogen) atoms. The van der Waals surface area contributed by atoms with Gasteiger partial charge in [-0.25, -0.2) is 0 Å². The lowest BCUT2D eigenvalue weighted by atomic mass is 10.3. The number of halogens is 1. The smallest absolute Gasteiger partial charge is 0.325 e. The van der Waals surface area contributed by atoms with E-state index in [0.717, 1.165) is 0 Å². The molecular weight excluding hydrogens is 204 g/mol. The number of aromatic nitrogens is 1. The molecule has 1 rings (SSSR count). The summed E-state index contributed by atoms with van der Waals surface area (Å²) in [5.41, 5.74) is 1.27. The van der Waals surface area contributed by atoms with E-state index in [2.05, 4.69) is 10.3 Å². The summed E-state index contributed by atoms with van der Waals surface area (Å²) in [6, 6.07) is 0.976. The standard InChI is InChI=1S/C9H11ClN2O2/c1-5-8(10)7(3-4-11-5)12-6(2)9(13)14/h3-4,6H,1-2H3,(H,11,12)(H,13,14)/t6-/m0/s1. The highest BCUT2D eigenvalue weighted by Crippen LogP contribution is 2.23. The van der Waals surface area contributed by atoms with Crippen molar-refractivity contribution < 1.29 is 9.90 Å². The second-order valence-corrected chi connectivity index (χ2v) is 3.34. The lowest BCUT2D eigenvalue weighted by Gasteiger charge is -2.12. The number of pyridine rings is 1. The topological polar surface area (TPSA) is 62.2 Å². The Morgan fingerprint density at radius 3 is 2.93 bits per heavy atom. The van der Waals surface area contributed by atoms with Gasteiger partial charge in [0.15, 0.2) is 0 Å². The van der Waals surface area contributed by atoms with Crippen molar-refractivity contribution in [3.8, 4) is 0 Å². The van der Waals surface area contributed by atoms with Gasteiger partial charge in [0, 0.05) is 6.20 Å². The van der Waals surface area contributed by atoms with E-state index in [-0.39, 0.29) is 0 Å². The Hall–Kier alpha value is -1.29. The summed E-state index contributed by atoms with van der Waals surface area (Å²) in [4.78, 5) is 14.6. The van der Waals surface area contributed by atoms with Crippen LogP contribution in [0.25, 0.3) is 0 Å². The number of carboxylic acid groups (broad SMARTS) is 1. The van der Waals surface area contributed by atoms with Gasteiger partial charge in [0.25, 0.3) is 0 Å². The van der Waals surface area contributed by atoms with Crippen molar-refractivity contribution in [2.75, 3.05) is 5.32 Å². The Bertz CT molecular complexity index is 355. The first-order valence-corrected chi connectivity index (χ1v) is 4.50. The molecule has 1 heterocycles. The summed E-state index contributed by atoms with van der Waals surface area (Å²) < 4.78 is 0. The molecule has 0 aliphatic heterocycles. The minimum atomic E-state index is -0.921. The van der Waals surface area contributed by atoms with Crippen LogP contribution in [0.1, 0.15) is 12.6 Å². The summed E-state index contributed by atoms with van der Waals surface area (Å²) in [5.74, 6) is -0.921. The molecule has 5 heteroatoms. The van der Waals surface area contributed by atoms with Crippen molar-refractivity contribution in [2.24, 2.45) is 0 Å². The van der Waals surface area contributed by atoms with E-state index < -0.39 is 12.0 Å². The maximum atomic E-state index is 10.6. The van der Waals surface area contributed by atoms with Crippen molar-refractivity contribution >= 4 is 23.3 Å². The maximum absolute atomic E-state index is 10.6. The molecule has 1 atom stereocenters. The van der Waals surface area contributed by atoms with E-state index in [9.17, 15) is 4.79 Å². The van der Waals surface area contributed by atoms with Crippen molar-refractivity contribution in [3.05, 3.63) is 23.0 Å². The fourth-order valence-electron chi connectivity index (χ4n) is 0.955. The van der Waals surface area contributed by atoms with E-state index in [4.69, 9.17) is 16.7 Å². The Morgan fingerprint density at radius 1 is 1.71 bits per heavy atom. The number of carboxylic acids is 1. The van der Waals surface area contributed by atoms with Gasteiger partial charge in [-0.15, -0.1) is 0 Å². The average Bonchev–Trinajstić information content (AvgIpc) is 2.12. The summed E-state index contributed by atoms with van der Waals surface area (Å²) in [5, 5.41) is 11.9. The molecule has 0 unspecified atom stereocenters. The number of rotatable bonds is 3. The fraction of sp³-hybridized carbons (Fsp3) is 0.333. The zero-order valence-corrected chi connectivity index (χ0v) is 8.67. The molecule has 1 aromatic heterocycles. The molecule has 0 saturated heterocycles. The minimum Gasteiger partial charge on any atom is -0.480 e. The van der Waals surface area contributed by atoms with Gasteiger partial charge in [0.2, 0.25) is 0 Å². The van der Waals surface area contributed by atoms with Crippen LogP contribution in [0.15, 0.2) is 12.3 Å². The monoisotopic (exact) mass is 214 g/mol. The summed E-state index contributed by atoms with van der Waals surface area (Å²) in [7, 11) is 0. The highest BCUT2D eigenvalue weighted by Gasteiger charge is 2.12. The molecule has 0 bridgehead atoms. The van der Waals surface area contributed by atoms with Crippen molar-refractivity contribution in [3.63, 3.8) is 0 Å². The molecule has 0 aliphatic rings.